The van der Waals surface area contributed by atoms with Gasteiger partial charge in [-0.05, 0) is 28.5 Å². The summed E-state index contributed by atoms with van der Waals surface area (Å²) in [5.41, 5.74) is 2.03. The third-order valence-corrected chi connectivity index (χ3v) is 5.06. The Labute approximate surface area is 154 Å². The predicted molar refractivity (Wildman–Crippen MR) is 102 cm³/mol. The molecule has 0 aliphatic carbocycles. The Hall–Kier alpha value is -2.25. The first-order chi connectivity index (χ1) is 11.9. The van der Waals surface area contributed by atoms with E-state index in [0.29, 0.717) is 5.13 Å². The van der Waals surface area contributed by atoms with E-state index in [9.17, 15) is 4.79 Å². The van der Waals surface area contributed by atoms with Crippen LogP contribution < -0.4 is 10.1 Å². The highest BCUT2D eigenvalue weighted by Crippen LogP contribution is 2.31. The third kappa shape index (κ3) is 4.43. The van der Waals surface area contributed by atoms with Gasteiger partial charge in [0.15, 0.2) is 6.61 Å². The number of carbonyl (C=O) groups is 1. The topological polar surface area (TPSA) is 64.1 Å². The Balaban J connectivity index is 1.61. The molecule has 130 valence electrons. The van der Waals surface area contributed by atoms with Gasteiger partial charge in [-0.3, -0.25) is 10.1 Å². The average Bonchev–Trinajstić information content (AvgIpc) is 3.23. The van der Waals surface area contributed by atoms with Crippen LogP contribution in [-0.2, 0) is 10.2 Å². The van der Waals surface area contributed by atoms with Crippen LogP contribution in [0, 0.1) is 0 Å². The van der Waals surface area contributed by atoms with Gasteiger partial charge in [0.2, 0.25) is 5.13 Å². The molecule has 2 heterocycles. The number of para-hydroxylation sites is 1. The number of nitrogens with zero attached hydrogens (tertiary/aromatic N) is 2. The van der Waals surface area contributed by atoms with Crippen LogP contribution >= 0.6 is 22.7 Å². The van der Waals surface area contributed by atoms with Gasteiger partial charge in [0.25, 0.3) is 5.91 Å². The van der Waals surface area contributed by atoms with Gasteiger partial charge < -0.3 is 4.74 Å². The van der Waals surface area contributed by atoms with Crippen molar-refractivity contribution in [3.05, 3.63) is 46.7 Å². The molecular formula is C18H19N3O2S2. The first kappa shape index (κ1) is 17.6. The van der Waals surface area contributed by atoms with Crippen molar-refractivity contribution >= 4 is 33.7 Å². The number of thiophene rings is 1. The summed E-state index contributed by atoms with van der Waals surface area (Å²) in [6.45, 7) is 6.27. The SMILES string of the molecule is CC(C)(C)c1ccccc1OCC(=O)Nc1nnc(-c2ccsc2)s1. The molecule has 0 aliphatic rings. The molecule has 2 aromatic heterocycles. The number of hydrogen-bond acceptors (Lipinski definition) is 6. The minimum absolute atomic E-state index is 0.0538. The quantitative estimate of drug-likeness (QED) is 0.711. The molecule has 5 nitrogen and oxygen atoms in total. The number of rotatable bonds is 5. The van der Waals surface area contributed by atoms with Crippen molar-refractivity contribution in [3.63, 3.8) is 0 Å². The smallest absolute Gasteiger partial charge is 0.264 e. The maximum absolute atomic E-state index is 12.1. The molecule has 3 aromatic rings. The van der Waals surface area contributed by atoms with Crippen molar-refractivity contribution in [2.24, 2.45) is 0 Å². The minimum Gasteiger partial charge on any atom is -0.483 e. The molecule has 0 unspecified atom stereocenters. The predicted octanol–water partition coefficient (Wildman–Crippen LogP) is 4.58. The Bertz CT molecular complexity index is 851. The Morgan fingerprint density at radius 2 is 2.00 bits per heavy atom. The lowest BCUT2D eigenvalue weighted by molar-refractivity contribution is -0.118. The van der Waals surface area contributed by atoms with Crippen LogP contribution in [0.25, 0.3) is 10.6 Å². The first-order valence-corrected chi connectivity index (χ1v) is 9.57. The van der Waals surface area contributed by atoms with Crippen molar-refractivity contribution in [2.75, 3.05) is 11.9 Å². The number of hydrogen-bond donors (Lipinski definition) is 1. The zero-order chi connectivity index (χ0) is 17.9. The molecular weight excluding hydrogens is 354 g/mol. The number of nitrogens with one attached hydrogen (secondary N) is 1. The van der Waals surface area contributed by atoms with E-state index >= 15 is 0 Å². The molecule has 0 aliphatic heterocycles. The van der Waals surface area contributed by atoms with E-state index in [1.807, 2.05) is 41.1 Å². The summed E-state index contributed by atoms with van der Waals surface area (Å²) in [6, 6.07) is 9.75. The van der Waals surface area contributed by atoms with Gasteiger partial charge in [0.1, 0.15) is 10.8 Å². The number of aromatic nitrogens is 2. The van der Waals surface area contributed by atoms with Crippen molar-refractivity contribution in [2.45, 2.75) is 26.2 Å². The molecule has 25 heavy (non-hydrogen) atoms. The highest BCUT2D eigenvalue weighted by atomic mass is 32.1. The summed E-state index contributed by atoms with van der Waals surface area (Å²) in [5, 5.41) is 16.1. The largest absolute Gasteiger partial charge is 0.483 e. The lowest BCUT2D eigenvalue weighted by atomic mass is 9.86. The van der Waals surface area contributed by atoms with Crippen LogP contribution in [0.15, 0.2) is 41.1 Å². The Morgan fingerprint density at radius 1 is 1.20 bits per heavy atom. The van der Waals surface area contributed by atoms with Gasteiger partial charge in [0, 0.05) is 10.9 Å². The second-order valence-electron chi connectivity index (χ2n) is 6.51. The van der Waals surface area contributed by atoms with Crippen LogP contribution in [0.5, 0.6) is 5.75 Å². The molecule has 0 atom stereocenters. The van der Waals surface area contributed by atoms with Gasteiger partial charge >= 0.3 is 0 Å². The summed E-state index contributed by atoms with van der Waals surface area (Å²) in [7, 11) is 0. The minimum atomic E-state index is -0.253. The molecule has 0 fully saturated rings. The van der Waals surface area contributed by atoms with Crippen LogP contribution in [0.3, 0.4) is 0 Å². The lowest BCUT2D eigenvalue weighted by Gasteiger charge is -2.22. The van der Waals surface area contributed by atoms with Crippen molar-refractivity contribution in [1.82, 2.24) is 10.2 Å². The molecule has 1 amide bonds. The summed E-state index contributed by atoms with van der Waals surface area (Å²) >= 11 is 2.94. The lowest BCUT2D eigenvalue weighted by Crippen LogP contribution is -2.21. The molecule has 1 aromatic carbocycles. The number of amides is 1. The zero-order valence-electron chi connectivity index (χ0n) is 14.3. The Kier molecular flexibility index (Phi) is 5.15. The van der Waals surface area contributed by atoms with Gasteiger partial charge in [-0.15, -0.1) is 10.2 Å². The zero-order valence-corrected chi connectivity index (χ0v) is 15.9. The molecule has 3 rings (SSSR count). The summed E-state index contributed by atoms with van der Waals surface area (Å²) < 4.78 is 5.72. The fourth-order valence-electron chi connectivity index (χ4n) is 2.29. The van der Waals surface area contributed by atoms with Crippen LogP contribution in [0.2, 0.25) is 0 Å². The van der Waals surface area contributed by atoms with Gasteiger partial charge in [-0.1, -0.05) is 50.3 Å². The molecule has 0 saturated carbocycles. The monoisotopic (exact) mass is 373 g/mol. The van der Waals surface area contributed by atoms with Gasteiger partial charge in [-0.25, -0.2) is 0 Å². The maximum atomic E-state index is 12.1. The van der Waals surface area contributed by atoms with E-state index in [-0.39, 0.29) is 17.9 Å². The Morgan fingerprint density at radius 3 is 2.72 bits per heavy atom. The van der Waals surface area contributed by atoms with Gasteiger partial charge in [-0.2, -0.15) is 11.3 Å². The molecule has 7 heteroatoms. The summed E-state index contributed by atoms with van der Waals surface area (Å²) in [6.07, 6.45) is 0. The fraction of sp³-hybridized carbons (Fsp3) is 0.278. The normalized spacial score (nSPS) is 11.3. The van der Waals surface area contributed by atoms with Crippen LogP contribution in [0.1, 0.15) is 26.3 Å². The van der Waals surface area contributed by atoms with E-state index in [1.54, 1.807) is 11.3 Å². The maximum Gasteiger partial charge on any atom is 0.264 e. The second kappa shape index (κ2) is 7.33. The molecule has 0 spiro atoms. The molecule has 0 saturated heterocycles. The van der Waals surface area contributed by atoms with Crippen LogP contribution in [-0.4, -0.2) is 22.7 Å². The molecule has 1 N–H and O–H groups in total. The third-order valence-electron chi connectivity index (χ3n) is 3.49. The number of anilines is 1. The van der Waals surface area contributed by atoms with Crippen molar-refractivity contribution in [3.8, 4) is 16.3 Å². The highest BCUT2D eigenvalue weighted by Gasteiger charge is 2.19. The van der Waals surface area contributed by atoms with Gasteiger partial charge in [0.05, 0.1) is 0 Å². The summed E-state index contributed by atoms with van der Waals surface area (Å²) in [4.78, 5) is 12.1. The van der Waals surface area contributed by atoms with E-state index < -0.39 is 0 Å². The fourth-order valence-corrected chi connectivity index (χ4v) is 3.76. The summed E-state index contributed by atoms with van der Waals surface area (Å²) in [5.74, 6) is 0.470. The number of ether oxygens (including phenoxy) is 1. The number of benzene rings is 1. The molecule has 0 radical (unpaired) electrons. The van der Waals surface area contributed by atoms with Crippen molar-refractivity contribution in [1.29, 1.82) is 0 Å². The van der Waals surface area contributed by atoms with Crippen molar-refractivity contribution < 1.29 is 9.53 Å². The second-order valence-corrected chi connectivity index (χ2v) is 8.26. The first-order valence-electron chi connectivity index (χ1n) is 7.82. The van der Waals surface area contributed by atoms with E-state index in [1.165, 1.54) is 11.3 Å². The standard InChI is InChI=1S/C18H19N3O2S2/c1-18(2,3)13-6-4-5-7-14(13)23-10-15(22)19-17-21-20-16(25-17)12-8-9-24-11-12/h4-9,11H,10H2,1-3H3,(H,19,21,22). The molecule has 0 bridgehead atoms. The number of carbonyl (C=O) groups excluding carboxylic acids is 1. The average molecular weight is 374 g/mol. The van der Waals surface area contributed by atoms with E-state index in [2.05, 4.69) is 36.3 Å². The van der Waals surface area contributed by atoms with E-state index in [0.717, 1.165) is 21.9 Å². The highest BCUT2D eigenvalue weighted by molar-refractivity contribution is 7.19. The van der Waals surface area contributed by atoms with E-state index in [4.69, 9.17) is 4.74 Å². The van der Waals surface area contributed by atoms with Crippen LogP contribution in [0.4, 0.5) is 5.13 Å².